The van der Waals surface area contributed by atoms with E-state index in [1.54, 1.807) is 6.92 Å². The molecule has 7 heteroatoms. The van der Waals surface area contributed by atoms with Crippen molar-refractivity contribution in [2.75, 3.05) is 6.61 Å². The van der Waals surface area contributed by atoms with Gasteiger partial charge in [0.05, 0.1) is 13.0 Å². The zero-order chi connectivity index (χ0) is 15.0. The normalized spacial score (nSPS) is 26.4. The highest BCUT2D eigenvalue weighted by atomic mass is 19.3. The number of hydrogen-bond acceptors (Lipinski definition) is 3. The number of ether oxygens (including phenoxy) is 2. The molecule has 20 heavy (non-hydrogen) atoms. The number of halogens is 4. The van der Waals surface area contributed by atoms with Gasteiger partial charge in [0, 0.05) is 5.56 Å². The predicted molar refractivity (Wildman–Crippen MR) is 60.9 cm³/mol. The molecule has 1 aromatic rings. The Morgan fingerprint density at radius 2 is 1.80 bits per heavy atom. The number of alkyl halides is 4. The molecule has 1 aliphatic carbocycles. The van der Waals surface area contributed by atoms with Gasteiger partial charge in [0.1, 0.15) is 5.75 Å². The Hall–Kier alpha value is -1.79. The standard InChI is InChI=1S/C13H12F4O3/c1-2-19-10-5-3-9(4-6-10)11(20-8-18)7-12(14,15)13(11,16)17/h3-6,8H,2,7H2,1H3/t11-/m1/s1. The molecule has 0 N–H and O–H groups in total. The van der Waals surface area contributed by atoms with Crippen molar-refractivity contribution in [3.05, 3.63) is 29.8 Å². The van der Waals surface area contributed by atoms with Gasteiger partial charge < -0.3 is 9.47 Å². The van der Waals surface area contributed by atoms with Crippen molar-refractivity contribution >= 4 is 6.47 Å². The van der Waals surface area contributed by atoms with Crippen LogP contribution in [-0.4, -0.2) is 24.9 Å². The van der Waals surface area contributed by atoms with Gasteiger partial charge in [-0.1, -0.05) is 12.1 Å². The lowest BCUT2D eigenvalue weighted by atomic mass is 9.68. The Balaban J connectivity index is 2.38. The van der Waals surface area contributed by atoms with Crippen LogP contribution in [0.5, 0.6) is 5.75 Å². The fraction of sp³-hybridized carbons (Fsp3) is 0.462. The van der Waals surface area contributed by atoms with Crippen LogP contribution < -0.4 is 4.74 Å². The smallest absolute Gasteiger partial charge is 0.353 e. The first kappa shape index (κ1) is 14.6. The van der Waals surface area contributed by atoms with Crippen molar-refractivity contribution in [3.8, 4) is 5.75 Å². The molecule has 0 amide bonds. The van der Waals surface area contributed by atoms with Gasteiger partial charge in [-0.2, -0.15) is 17.6 Å². The molecule has 1 aliphatic rings. The van der Waals surface area contributed by atoms with Crippen LogP contribution >= 0.6 is 0 Å². The highest BCUT2D eigenvalue weighted by molar-refractivity contribution is 5.45. The number of rotatable bonds is 5. The van der Waals surface area contributed by atoms with Gasteiger partial charge in [0.2, 0.25) is 5.60 Å². The van der Waals surface area contributed by atoms with Gasteiger partial charge in [0.15, 0.2) is 0 Å². The average Bonchev–Trinajstić information content (AvgIpc) is 2.39. The Morgan fingerprint density at radius 3 is 2.20 bits per heavy atom. The molecule has 0 heterocycles. The third kappa shape index (κ3) is 1.83. The van der Waals surface area contributed by atoms with Crippen LogP contribution in [0, 0.1) is 0 Å². The summed E-state index contributed by atoms with van der Waals surface area (Å²) in [5.74, 6) is -8.24. The van der Waals surface area contributed by atoms with E-state index in [2.05, 4.69) is 4.74 Å². The van der Waals surface area contributed by atoms with Crippen LogP contribution in [0.3, 0.4) is 0 Å². The van der Waals surface area contributed by atoms with Crippen molar-refractivity contribution < 1.29 is 31.8 Å². The molecule has 0 saturated heterocycles. The summed E-state index contributed by atoms with van der Waals surface area (Å²) < 4.78 is 63.0. The summed E-state index contributed by atoms with van der Waals surface area (Å²) in [4.78, 5) is 10.4. The molecule has 1 atom stereocenters. The zero-order valence-corrected chi connectivity index (χ0v) is 10.5. The van der Waals surface area contributed by atoms with Crippen molar-refractivity contribution in [2.45, 2.75) is 30.8 Å². The fourth-order valence-corrected chi connectivity index (χ4v) is 2.26. The van der Waals surface area contributed by atoms with E-state index in [4.69, 9.17) is 4.74 Å². The first-order valence-corrected chi connectivity index (χ1v) is 5.91. The molecule has 1 aromatic carbocycles. The number of carbonyl (C=O) groups is 1. The molecule has 1 fully saturated rings. The topological polar surface area (TPSA) is 35.5 Å². The van der Waals surface area contributed by atoms with E-state index < -0.39 is 23.9 Å². The average molecular weight is 292 g/mol. The minimum atomic E-state index is -4.45. The van der Waals surface area contributed by atoms with E-state index in [0.717, 1.165) is 0 Å². The van der Waals surface area contributed by atoms with Gasteiger partial charge in [-0.05, 0) is 19.1 Å². The third-order valence-corrected chi connectivity index (χ3v) is 3.32. The van der Waals surface area contributed by atoms with E-state index in [9.17, 15) is 22.4 Å². The van der Waals surface area contributed by atoms with Crippen LogP contribution in [0.15, 0.2) is 24.3 Å². The molecule has 2 rings (SSSR count). The maximum Gasteiger partial charge on any atom is 0.353 e. The fourth-order valence-electron chi connectivity index (χ4n) is 2.26. The van der Waals surface area contributed by atoms with Crippen LogP contribution in [0.25, 0.3) is 0 Å². The molecule has 0 aliphatic heterocycles. The second-order valence-electron chi connectivity index (χ2n) is 4.45. The molecule has 0 unspecified atom stereocenters. The second kappa shape index (κ2) is 4.64. The molecule has 0 bridgehead atoms. The number of hydrogen-bond donors (Lipinski definition) is 0. The number of benzene rings is 1. The summed E-state index contributed by atoms with van der Waals surface area (Å²) in [6, 6.07) is 5.11. The highest BCUT2D eigenvalue weighted by Crippen LogP contribution is 2.64. The van der Waals surface area contributed by atoms with E-state index in [-0.39, 0.29) is 12.0 Å². The molecular weight excluding hydrogens is 280 g/mol. The third-order valence-electron chi connectivity index (χ3n) is 3.32. The molecule has 1 saturated carbocycles. The minimum Gasteiger partial charge on any atom is -0.494 e. The summed E-state index contributed by atoms with van der Waals surface area (Å²) in [6.07, 6.45) is -1.25. The Kier molecular flexibility index (Phi) is 3.39. The highest BCUT2D eigenvalue weighted by Gasteiger charge is 2.83. The first-order valence-electron chi connectivity index (χ1n) is 5.91. The first-order chi connectivity index (χ1) is 9.30. The molecule has 3 nitrogen and oxygen atoms in total. The van der Waals surface area contributed by atoms with Crippen molar-refractivity contribution in [2.24, 2.45) is 0 Å². The zero-order valence-electron chi connectivity index (χ0n) is 10.5. The van der Waals surface area contributed by atoms with Gasteiger partial charge >= 0.3 is 11.8 Å². The summed E-state index contributed by atoms with van der Waals surface area (Å²) in [7, 11) is 0. The van der Waals surface area contributed by atoms with E-state index in [1.165, 1.54) is 24.3 Å². The van der Waals surface area contributed by atoms with Crippen LogP contribution in [0.1, 0.15) is 18.9 Å². The largest absolute Gasteiger partial charge is 0.494 e. The van der Waals surface area contributed by atoms with E-state index >= 15 is 0 Å². The Morgan fingerprint density at radius 1 is 1.20 bits per heavy atom. The lowest BCUT2D eigenvalue weighted by molar-refractivity contribution is -0.384. The van der Waals surface area contributed by atoms with Crippen molar-refractivity contribution in [1.29, 1.82) is 0 Å². The SMILES string of the molecule is CCOc1ccc([C@]2(OC=O)CC(F)(F)C2(F)F)cc1. The van der Waals surface area contributed by atoms with Crippen LogP contribution in [-0.2, 0) is 15.1 Å². The lowest BCUT2D eigenvalue weighted by Crippen LogP contribution is -2.70. The van der Waals surface area contributed by atoms with E-state index in [0.29, 0.717) is 12.4 Å². The minimum absolute atomic E-state index is 0.191. The van der Waals surface area contributed by atoms with E-state index in [1.807, 2.05) is 0 Å². The molecular formula is C13H12F4O3. The summed E-state index contributed by atoms with van der Waals surface area (Å²) in [5.41, 5.74) is -2.81. The van der Waals surface area contributed by atoms with Crippen LogP contribution in [0.4, 0.5) is 17.6 Å². The number of carbonyl (C=O) groups excluding carboxylic acids is 1. The van der Waals surface area contributed by atoms with Crippen LogP contribution in [0.2, 0.25) is 0 Å². The monoisotopic (exact) mass is 292 g/mol. The van der Waals surface area contributed by atoms with Gasteiger partial charge in [0.25, 0.3) is 6.47 Å². The molecule has 0 aromatic heterocycles. The van der Waals surface area contributed by atoms with Gasteiger partial charge in [-0.3, -0.25) is 4.79 Å². The Bertz CT molecular complexity index is 501. The lowest BCUT2D eigenvalue weighted by Gasteiger charge is -2.52. The summed E-state index contributed by atoms with van der Waals surface area (Å²) in [5, 5.41) is 0. The molecule has 0 radical (unpaired) electrons. The second-order valence-corrected chi connectivity index (χ2v) is 4.45. The summed E-state index contributed by atoms with van der Waals surface area (Å²) in [6.45, 7) is 1.88. The molecule has 110 valence electrons. The van der Waals surface area contributed by atoms with Gasteiger partial charge in [-0.15, -0.1) is 0 Å². The molecule has 0 spiro atoms. The van der Waals surface area contributed by atoms with Crippen molar-refractivity contribution in [1.82, 2.24) is 0 Å². The maximum absolute atomic E-state index is 13.7. The summed E-state index contributed by atoms with van der Waals surface area (Å²) >= 11 is 0. The van der Waals surface area contributed by atoms with Crippen molar-refractivity contribution in [3.63, 3.8) is 0 Å². The maximum atomic E-state index is 13.7. The van der Waals surface area contributed by atoms with Gasteiger partial charge in [-0.25, -0.2) is 0 Å². The quantitative estimate of drug-likeness (QED) is 0.618. The Labute approximate surface area is 112 Å². The predicted octanol–water partition coefficient (Wildman–Crippen LogP) is 3.13.